The molecule has 130 valence electrons. The Morgan fingerprint density at radius 1 is 1.12 bits per heavy atom. The molecule has 4 heteroatoms. The highest BCUT2D eigenvalue weighted by Crippen LogP contribution is 2.38. The molecule has 0 bridgehead atoms. The Bertz CT molecular complexity index is 831. The lowest BCUT2D eigenvalue weighted by atomic mass is 9.86. The standard InChI is InChI=1S/C21H24N2O2/c1-13-4-6-16(20(8-13)25-3)14-5-7-17-18(9-14)21(24)22-10-15-11-23(2)12-19(15)17/h4-9,15,19H,10-12H2,1-3H3,(H,22,24)/t15-,19-/m0/s1. The first-order chi connectivity index (χ1) is 12.1. The molecule has 2 aromatic rings. The number of nitrogens with zero attached hydrogens (tertiary/aromatic N) is 1. The summed E-state index contributed by atoms with van der Waals surface area (Å²) in [6.45, 7) is 4.86. The molecule has 1 saturated heterocycles. The summed E-state index contributed by atoms with van der Waals surface area (Å²) in [4.78, 5) is 15.0. The summed E-state index contributed by atoms with van der Waals surface area (Å²) in [6, 6.07) is 12.5. The van der Waals surface area contributed by atoms with Crippen LogP contribution in [0, 0.1) is 12.8 Å². The molecule has 4 nitrogen and oxygen atoms in total. The molecule has 2 heterocycles. The first kappa shape index (κ1) is 16.2. The van der Waals surface area contributed by atoms with E-state index in [0.29, 0.717) is 11.8 Å². The fraction of sp³-hybridized carbons (Fsp3) is 0.381. The van der Waals surface area contributed by atoms with E-state index in [2.05, 4.69) is 41.5 Å². The van der Waals surface area contributed by atoms with Gasteiger partial charge in [0.2, 0.25) is 0 Å². The third-order valence-corrected chi connectivity index (χ3v) is 5.51. The van der Waals surface area contributed by atoms with Crippen molar-refractivity contribution in [3.8, 4) is 16.9 Å². The molecule has 4 rings (SSSR count). The minimum atomic E-state index is 0.0416. The van der Waals surface area contributed by atoms with E-state index in [4.69, 9.17) is 4.74 Å². The van der Waals surface area contributed by atoms with Crippen LogP contribution in [0.2, 0.25) is 0 Å². The number of fused-ring (bicyclic) bond motifs is 3. The first-order valence-corrected chi connectivity index (χ1v) is 8.82. The van der Waals surface area contributed by atoms with Crippen LogP contribution in [-0.2, 0) is 0 Å². The second-order valence-corrected chi connectivity index (χ2v) is 7.30. The molecule has 0 saturated carbocycles. The maximum atomic E-state index is 12.7. The molecular weight excluding hydrogens is 312 g/mol. The van der Waals surface area contributed by atoms with Gasteiger partial charge in [-0.05, 0) is 48.7 Å². The van der Waals surface area contributed by atoms with Crippen molar-refractivity contribution in [2.75, 3.05) is 33.8 Å². The maximum Gasteiger partial charge on any atom is 0.251 e. The third kappa shape index (κ3) is 2.81. The normalized spacial score (nSPS) is 22.8. The van der Waals surface area contributed by atoms with Crippen molar-refractivity contribution in [1.82, 2.24) is 10.2 Å². The number of nitrogens with one attached hydrogen (secondary N) is 1. The van der Waals surface area contributed by atoms with E-state index >= 15 is 0 Å². The molecule has 1 N–H and O–H groups in total. The SMILES string of the molecule is COc1cc(C)ccc1-c1ccc2c(c1)C(=O)NC[C@H]1CN(C)C[C@H]21. The summed E-state index contributed by atoms with van der Waals surface area (Å²) < 4.78 is 5.55. The lowest BCUT2D eigenvalue weighted by Gasteiger charge is -2.17. The van der Waals surface area contributed by atoms with E-state index < -0.39 is 0 Å². The number of aryl methyl sites for hydroxylation is 1. The fourth-order valence-electron chi connectivity index (χ4n) is 4.25. The van der Waals surface area contributed by atoms with Gasteiger partial charge < -0.3 is 15.0 Å². The van der Waals surface area contributed by atoms with E-state index in [9.17, 15) is 4.79 Å². The Morgan fingerprint density at radius 3 is 2.76 bits per heavy atom. The Morgan fingerprint density at radius 2 is 1.96 bits per heavy atom. The van der Waals surface area contributed by atoms with Gasteiger partial charge in [0, 0.05) is 36.7 Å². The summed E-state index contributed by atoms with van der Waals surface area (Å²) in [7, 11) is 3.84. The van der Waals surface area contributed by atoms with E-state index in [0.717, 1.165) is 47.6 Å². The number of hydrogen-bond acceptors (Lipinski definition) is 3. The summed E-state index contributed by atoms with van der Waals surface area (Å²) in [5.41, 5.74) is 5.19. The van der Waals surface area contributed by atoms with Crippen LogP contribution in [-0.4, -0.2) is 44.6 Å². The van der Waals surface area contributed by atoms with Crippen LogP contribution in [0.15, 0.2) is 36.4 Å². The highest BCUT2D eigenvalue weighted by Gasteiger charge is 2.36. The van der Waals surface area contributed by atoms with Crippen molar-refractivity contribution < 1.29 is 9.53 Å². The molecule has 0 radical (unpaired) electrons. The molecule has 2 aromatic carbocycles. The monoisotopic (exact) mass is 336 g/mol. The summed E-state index contributed by atoms with van der Waals surface area (Å²) in [5.74, 6) is 1.80. The Hall–Kier alpha value is -2.33. The summed E-state index contributed by atoms with van der Waals surface area (Å²) in [5, 5.41) is 3.11. The lowest BCUT2D eigenvalue weighted by Crippen LogP contribution is -2.29. The summed E-state index contributed by atoms with van der Waals surface area (Å²) >= 11 is 0. The number of methoxy groups -OCH3 is 1. The number of hydrogen-bond donors (Lipinski definition) is 1. The Balaban J connectivity index is 1.81. The van der Waals surface area contributed by atoms with Gasteiger partial charge in [0.1, 0.15) is 5.75 Å². The average Bonchev–Trinajstić information content (AvgIpc) is 2.94. The Kier molecular flexibility index (Phi) is 4.00. The molecule has 0 spiro atoms. The van der Waals surface area contributed by atoms with Crippen LogP contribution in [0.1, 0.15) is 27.4 Å². The molecule has 25 heavy (non-hydrogen) atoms. The highest BCUT2D eigenvalue weighted by molar-refractivity contribution is 5.98. The van der Waals surface area contributed by atoms with Crippen molar-refractivity contribution in [3.63, 3.8) is 0 Å². The van der Waals surface area contributed by atoms with Crippen molar-refractivity contribution in [1.29, 1.82) is 0 Å². The van der Waals surface area contributed by atoms with Gasteiger partial charge in [0.15, 0.2) is 0 Å². The predicted molar refractivity (Wildman–Crippen MR) is 99.2 cm³/mol. The van der Waals surface area contributed by atoms with Gasteiger partial charge in [0.25, 0.3) is 5.91 Å². The molecule has 1 fully saturated rings. The van der Waals surface area contributed by atoms with Gasteiger partial charge in [0.05, 0.1) is 7.11 Å². The number of likely N-dealkylation sites (tertiary alicyclic amines) is 1. The van der Waals surface area contributed by atoms with Gasteiger partial charge in [-0.2, -0.15) is 0 Å². The molecule has 2 aliphatic heterocycles. The van der Waals surface area contributed by atoms with Gasteiger partial charge in [-0.3, -0.25) is 4.79 Å². The quantitative estimate of drug-likeness (QED) is 0.916. The maximum absolute atomic E-state index is 12.7. The Labute approximate surface area is 148 Å². The zero-order valence-electron chi connectivity index (χ0n) is 15.0. The third-order valence-electron chi connectivity index (χ3n) is 5.51. The molecule has 0 aliphatic carbocycles. The highest BCUT2D eigenvalue weighted by atomic mass is 16.5. The van der Waals surface area contributed by atoms with Crippen LogP contribution < -0.4 is 10.1 Å². The minimum absolute atomic E-state index is 0.0416. The predicted octanol–water partition coefficient (Wildman–Crippen LogP) is 3.06. The smallest absolute Gasteiger partial charge is 0.251 e. The van der Waals surface area contributed by atoms with Gasteiger partial charge in [-0.25, -0.2) is 0 Å². The number of likely N-dealkylation sites (N-methyl/N-ethyl adjacent to an activating group) is 1. The molecule has 2 aliphatic rings. The second kappa shape index (κ2) is 6.19. The minimum Gasteiger partial charge on any atom is -0.496 e. The molecule has 2 atom stereocenters. The topological polar surface area (TPSA) is 41.6 Å². The summed E-state index contributed by atoms with van der Waals surface area (Å²) in [6.07, 6.45) is 0. The number of benzene rings is 2. The molecule has 0 aromatic heterocycles. The van der Waals surface area contributed by atoms with Crippen LogP contribution in [0.25, 0.3) is 11.1 Å². The number of amides is 1. The number of carbonyl (C=O) groups excluding carboxylic acids is 1. The molecule has 0 unspecified atom stereocenters. The van der Waals surface area contributed by atoms with Crippen molar-refractivity contribution in [3.05, 3.63) is 53.1 Å². The van der Waals surface area contributed by atoms with Crippen LogP contribution in [0.4, 0.5) is 0 Å². The van der Waals surface area contributed by atoms with Crippen molar-refractivity contribution in [2.24, 2.45) is 5.92 Å². The van der Waals surface area contributed by atoms with E-state index in [1.807, 2.05) is 19.1 Å². The van der Waals surface area contributed by atoms with Crippen molar-refractivity contribution in [2.45, 2.75) is 12.8 Å². The van der Waals surface area contributed by atoms with Gasteiger partial charge in [-0.1, -0.05) is 24.3 Å². The number of ether oxygens (including phenoxy) is 1. The van der Waals surface area contributed by atoms with Crippen LogP contribution >= 0.6 is 0 Å². The van der Waals surface area contributed by atoms with Crippen molar-refractivity contribution >= 4 is 5.91 Å². The second-order valence-electron chi connectivity index (χ2n) is 7.30. The van der Waals surface area contributed by atoms with Gasteiger partial charge >= 0.3 is 0 Å². The number of carbonyl (C=O) groups is 1. The molecule has 1 amide bonds. The van der Waals surface area contributed by atoms with E-state index in [1.165, 1.54) is 5.56 Å². The zero-order chi connectivity index (χ0) is 17.6. The first-order valence-electron chi connectivity index (χ1n) is 8.82. The van der Waals surface area contributed by atoms with Crippen LogP contribution in [0.5, 0.6) is 5.75 Å². The zero-order valence-corrected chi connectivity index (χ0v) is 15.0. The fourth-order valence-corrected chi connectivity index (χ4v) is 4.25. The molecular formula is C21H24N2O2. The number of rotatable bonds is 2. The van der Waals surface area contributed by atoms with Gasteiger partial charge in [-0.15, -0.1) is 0 Å². The lowest BCUT2D eigenvalue weighted by molar-refractivity contribution is 0.0951. The average molecular weight is 336 g/mol. The largest absolute Gasteiger partial charge is 0.496 e. The van der Waals surface area contributed by atoms with Crippen LogP contribution in [0.3, 0.4) is 0 Å². The van der Waals surface area contributed by atoms with E-state index in [1.54, 1.807) is 7.11 Å². The van der Waals surface area contributed by atoms with E-state index in [-0.39, 0.29) is 5.91 Å².